The van der Waals surface area contributed by atoms with Crippen molar-refractivity contribution in [3.05, 3.63) is 58.6 Å². The number of benzene rings is 1. The van der Waals surface area contributed by atoms with Crippen LogP contribution in [0.5, 0.6) is 0 Å². The summed E-state index contributed by atoms with van der Waals surface area (Å²) in [6, 6.07) is 12.5. The lowest BCUT2D eigenvalue weighted by Gasteiger charge is -2.32. The fourth-order valence-corrected chi connectivity index (χ4v) is 7.63. The fraction of sp³-hybridized carbons (Fsp3) is 0.469. The predicted octanol–water partition coefficient (Wildman–Crippen LogP) is 5.29. The first-order valence-electron chi connectivity index (χ1n) is 14.4. The SMILES string of the molecule is CNC1CCN(C(=O)c2cccc(-c3cc(-c4c(N5CCOCC5)sc5c4CC(C)(C)CC5=O)ccn3)c2)CC1. The molecule has 0 saturated carbocycles. The number of likely N-dealkylation sites (tertiary alicyclic amines) is 1. The van der Waals surface area contributed by atoms with E-state index in [0.717, 1.165) is 77.7 Å². The highest BCUT2D eigenvalue weighted by atomic mass is 32.1. The van der Waals surface area contributed by atoms with E-state index >= 15 is 0 Å². The number of thiophene rings is 1. The molecule has 1 amide bonds. The van der Waals surface area contributed by atoms with E-state index in [-0.39, 0.29) is 17.1 Å². The van der Waals surface area contributed by atoms with Gasteiger partial charge in [0.1, 0.15) is 0 Å². The smallest absolute Gasteiger partial charge is 0.253 e. The van der Waals surface area contributed by atoms with Crippen molar-refractivity contribution in [3.8, 4) is 22.4 Å². The molecule has 0 spiro atoms. The number of morpholine rings is 1. The van der Waals surface area contributed by atoms with Crippen molar-refractivity contribution in [2.24, 2.45) is 5.41 Å². The monoisotopic (exact) mass is 558 g/mol. The predicted molar refractivity (Wildman–Crippen MR) is 160 cm³/mol. The first-order valence-corrected chi connectivity index (χ1v) is 15.2. The Morgan fingerprint density at radius 2 is 1.82 bits per heavy atom. The summed E-state index contributed by atoms with van der Waals surface area (Å²) < 4.78 is 5.64. The largest absolute Gasteiger partial charge is 0.378 e. The van der Waals surface area contributed by atoms with Gasteiger partial charge < -0.3 is 19.9 Å². The van der Waals surface area contributed by atoms with Gasteiger partial charge in [-0.3, -0.25) is 14.6 Å². The van der Waals surface area contributed by atoms with Gasteiger partial charge in [0.2, 0.25) is 0 Å². The first-order chi connectivity index (χ1) is 19.3. The van der Waals surface area contributed by atoms with E-state index in [1.54, 1.807) is 11.3 Å². The Morgan fingerprint density at radius 1 is 1.05 bits per heavy atom. The van der Waals surface area contributed by atoms with Gasteiger partial charge in [0, 0.05) is 61.5 Å². The highest BCUT2D eigenvalue weighted by molar-refractivity contribution is 7.19. The molecule has 1 N–H and O–H groups in total. The Balaban J connectivity index is 1.36. The van der Waals surface area contributed by atoms with Gasteiger partial charge in [-0.15, -0.1) is 11.3 Å². The number of fused-ring (bicyclic) bond motifs is 1. The Morgan fingerprint density at radius 3 is 2.58 bits per heavy atom. The summed E-state index contributed by atoms with van der Waals surface area (Å²) in [5.41, 5.74) is 5.77. The highest BCUT2D eigenvalue weighted by Crippen LogP contribution is 2.49. The van der Waals surface area contributed by atoms with Gasteiger partial charge in [0.25, 0.3) is 5.91 Å². The minimum absolute atomic E-state index is 0.0750. The zero-order chi connectivity index (χ0) is 27.9. The van der Waals surface area contributed by atoms with Gasteiger partial charge in [-0.1, -0.05) is 26.0 Å². The van der Waals surface area contributed by atoms with Crippen molar-refractivity contribution in [3.63, 3.8) is 0 Å². The summed E-state index contributed by atoms with van der Waals surface area (Å²) >= 11 is 1.64. The van der Waals surface area contributed by atoms with Crippen molar-refractivity contribution >= 4 is 28.0 Å². The number of hydrogen-bond acceptors (Lipinski definition) is 7. The molecule has 1 aromatic carbocycles. The second kappa shape index (κ2) is 11.1. The van der Waals surface area contributed by atoms with Gasteiger partial charge in [-0.2, -0.15) is 0 Å². The first kappa shape index (κ1) is 27.1. The summed E-state index contributed by atoms with van der Waals surface area (Å²) in [4.78, 5) is 36.6. The molecule has 40 heavy (non-hydrogen) atoms. The molecule has 2 fully saturated rings. The second-order valence-corrected chi connectivity index (χ2v) is 13.0. The van der Waals surface area contributed by atoms with Gasteiger partial charge in [-0.25, -0.2) is 0 Å². The Labute approximate surface area is 240 Å². The zero-order valence-corrected chi connectivity index (χ0v) is 24.5. The van der Waals surface area contributed by atoms with Gasteiger partial charge in [0.15, 0.2) is 5.78 Å². The lowest BCUT2D eigenvalue weighted by molar-refractivity contribution is 0.0707. The Kier molecular flexibility index (Phi) is 7.50. The van der Waals surface area contributed by atoms with Gasteiger partial charge >= 0.3 is 0 Å². The van der Waals surface area contributed by atoms with Crippen LogP contribution in [0.4, 0.5) is 5.00 Å². The quantitative estimate of drug-likeness (QED) is 0.459. The number of nitrogens with one attached hydrogen (secondary N) is 1. The number of Topliss-reactive ketones (excluding diaryl/α,β-unsaturated/α-hetero) is 1. The molecular formula is C32H38N4O3S. The number of hydrogen-bond donors (Lipinski definition) is 1. The molecule has 210 valence electrons. The minimum atomic E-state index is -0.0750. The van der Waals surface area contributed by atoms with Crippen LogP contribution in [-0.4, -0.2) is 74.1 Å². The van der Waals surface area contributed by atoms with Crippen LogP contribution in [0.1, 0.15) is 58.7 Å². The van der Waals surface area contributed by atoms with Crippen LogP contribution in [0.3, 0.4) is 0 Å². The van der Waals surface area contributed by atoms with Crippen molar-refractivity contribution in [2.45, 2.75) is 45.6 Å². The van der Waals surface area contributed by atoms with Crippen LogP contribution in [-0.2, 0) is 11.2 Å². The number of ether oxygens (including phenoxy) is 1. The number of pyridine rings is 1. The average Bonchev–Trinajstić information content (AvgIpc) is 3.36. The normalized spacial score (nSPS) is 19.5. The van der Waals surface area contributed by atoms with E-state index in [9.17, 15) is 9.59 Å². The van der Waals surface area contributed by atoms with E-state index in [0.29, 0.717) is 31.2 Å². The van der Waals surface area contributed by atoms with Gasteiger partial charge in [-0.05, 0) is 67.1 Å². The number of carbonyl (C=O) groups is 2. The van der Waals surface area contributed by atoms with Crippen LogP contribution < -0.4 is 10.2 Å². The number of carbonyl (C=O) groups excluding carboxylic acids is 2. The summed E-state index contributed by atoms with van der Waals surface area (Å²) in [6.07, 6.45) is 5.25. The number of amides is 1. The molecule has 3 aliphatic rings. The fourth-order valence-electron chi connectivity index (χ4n) is 6.30. The molecule has 3 aromatic rings. The molecule has 4 heterocycles. The van der Waals surface area contributed by atoms with Crippen LogP contribution >= 0.6 is 11.3 Å². The lowest BCUT2D eigenvalue weighted by Crippen LogP contribution is -2.43. The standard InChI is InChI=1S/C32H38N4O3S/c1-32(2)19-25-28(31(36-13-15-39-16-14-36)40-29(25)27(37)20-32)22-7-10-34-26(18-22)21-5-4-6-23(17-21)30(38)35-11-8-24(33-3)9-12-35/h4-7,10,17-18,24,33H,8-9,11-16,19-20H2,1-3H3. The topological polar surface area (TPSA) is 74.8 Å². The lowest BCUT2D eigenvalue weighted by atomic mass is 9.75. The number of rotatable bonds is 5. The molecule has 2 saturated heterocycles. The highest BCUT2D eigenvalue weighted by Gasteiger charge is 2.37. The maximum absolute atomic E-state index is 13.3. The Bertz CT molecular complexity index is 1420. The molecule has 0 bridgehead atoms. The summed E-state index contributed by atoms with van der Waals surface area (Å²) in [5.74, 6) is 0.325. The van der Waals surface area contributed by atoms with Crippen molar-refractivity contribution in [2.75, 3.05) is 51.3 Å². The number of piperidine rings is 1. The second-order valence-electron chi connectivity index (χ2n) is 12.0. The van der Waals surface area contributed by atoms with Crippen LogP contribution in [0, 0.1) is 5.41 Å². The summed E-state index contributed by atoms with van der Waals surface area (Å²) in [5, 5.41) is 4.49. The third kappa shape index (κ3) is 5.32. The van der Waals surface area contributed by atoms with Crippen LogP contribution in [0.2, 0.25) is 0 Å². The molecule has 1 aliphatic carbocycles. The van der Waals surface area contributed by atoms with E-state index in [2.05, 4.69) is 36.2 Å². The molecule has 8 heteroatoms. The molecule has 6 rings (SSSR count). The van der Waals surface area contributed by atoms with Crippen molar-refractivity contribution < 1.29 is 14.3 Å². The van der Waals surface area contributed by atoms with Crippen LogP contribution in [0.25, 0.3) is 22.4 Å². The van der Waals surface area contributed by atoms with Crippen LogP contribution in [0.15, 0.2) is 42.6 Å². The van der Waals surface area contributed by atoms with Gasteiger partial charge in [0.05, 0.1) is 28.8 Å². The zero-order valence-electron chi connectivity index (χ0n) is 23.7. The van der Waals surface area contributed by atoms with Crippen molar-refractivity contribution in [1.29, 1.82) is 0 Å². The minimum Gasteiger partial charge on any atom is -0.378 e. The third-order valence-electron chi connectivity index (χ3n) is 8.48. The summed E-state index contributed by atoms with van der Waals surface area (Å²) in [6.45, 7) is 8.93. The molecular weight excluding hydrogens is 520 g/mol. The van der Waals surface area contributed by atoms with E-state index in [1.165, 1.54) is 5.56 Å². The Hall–Kier alpha value is -3.07. The molecule has 2 aliphatic heterocycles. The number of ketones is 1. The molecule has 0 unspecified atom stereocenters. The van der Waals surface area contributed by atoms with E-state index < -0.39 is 0 Å². The molecule has 0 atom stereocenters. The third-order valence-corrected chi connectivity index (χ3v) is 9.81. The number of nitrogens with zero attached hydrogens (tertiary/aromatic N) is 3. The average molecular weight is 559 g/mol. The maximum Gasteiger partial charge on any atom is 0.253 e. The van der Waals surface area contributed by atoms with E-state index in [1.807, 2.05) is 42.4 Å². The number of aromatic nitrogens is 1. The van der Waals surface area contributed by atoms with Crippen molar-refractivity contribution in [1.82, 2.24) is 15.2 Å². The maximum atomic E-state index is 13.3. The van der Waals surface area contributed by atoms with E-state index in [4.69, 9.17) is 9.72 Å². The summed E-state index contributed by atoms with van der Waals surface area (Å²) in [7, 11) is 1.99. The number of anilines is 1. The molecule has 7 nitrogen and oxygen atoms in total. The molecule has 0 radical (unpaired) electrons. The molecule has 2 aromatic heterocycles.